The Morgan fingerprint density at radius 1 is 0.889 bits per heavy atom. The molecular formula is C23H31NO3. The number of ether oxygens (including phenoxy) is 3. The molecule has 0 bridgehead atoms. The predicted molar refractivity (Wildman–Crippen MR) is 109 cm³/mol. The third-order valence-electron chi connectivity index (χ3n) is 4.84. The lowest BCUT2D eigenvalue weighted by Crippen LogP contribution is -2.29. The molecule has 1 aliphatic rings. The van der Waals surface area contributed by atoms with E-state index in [2.05, 4.69) is 36.5 Å². The highest BCUT2D eigenvalue weighted by molar-refractivity contribution is 5.31. The molecule has 1 saturated carbocycles. The van der Waals surface area contributed by atoms with Gasteiger partial charge in [-0.1, -0.05) is 42.7 Å². The Morgan fingerprint density at radius 2 is 1.63 bits per heavy atom. The summed E-state index contributed by atoms with van der Waals surface area (Å²) in [4.78, 5) is 0. The minimum absolute atomic E-state index is 0.562. The van der Waals surface area contributed by atoms with Crippen molar-refractivity contribution in [3.8, 4) is 11.5 Å². The average molecular weight is 370 g/mol. The molecule has 1 aliphatic carbocycles. The standard InChI is InChI=1S/C23H31NO3/c1-19-5-4-6-20(17-19)18-27-23-11-9-22(10-12-23)26-16-15-25-14-13-24-21-7-2-3-8-21/h4-6,9-12,17,21,24H,2-3,7-8,13-16,18H2,1H3. The molecule has 1 fully saturated rings. The summed E-state index contributed by atoms with van der Waals surface area (Å²) in [6.07, 6.45) is 5.35. The Morgan fingerprint density at radius 3 is 2.37 bits per heavy atom. The van der Waals surface area contributed by atoms with Crippen LogP contribution < -0.4 is 14.8 Å². The number of aryl methyl sites for hydroxylation is 1. The zero-order chi connectivity index (χ0) is 18.7. The predicted octanol–water partition coefficient (Wildman–Crippen LogP) is 4.50. The van der Waals surface area contributed by atoms with Crippen molar-refractivity contribution in [1.29, 1.82) is 0 Å². The maximum Gasteiger partial charge on any atom is 0.120 e. The second-order valence-corrected chi connectivity index (χ2v) is 7.15. The van der Waals surface area contributed by atoms with Gasteiger partial charge in [0, 0.05) is 12.6 Å². The zero-order valence-corrected chi connectivity index (χ0v) is 16.3. The van der Waals surface area contributed by atoms with Gasteiger partial charge in [-0.05, 0) is 49.6 Å². The van der Waals surface area contributed by atoms with E-state index in [0.717, 1.165) is 24.7 Å². The van der Waals surface area contributed by atoms with E-state index in [9.17, 15) is 0 Å². The molecule has 2 aromatic rings. The van der Waals surface area contributed by atoms with Crippen molar-refractivity contribution in [3.05, 3.63) is 59.7 Å². The van der Waals surface area contributed by atoms with Crippen LogP contribution in [0, 0.1) is 6.92 Å². The fourth-order valence-corrected chi connectivity index (χ4v) is 3.39. The normalized spacial score (nSPS) is 14.4. The summed E-state index contributed by atoms with van der Waals surface area (Å²) in [6, 6.07) is 16.8. The van der Waals surface area contributed by atoms with Crippen LogP contribution in [0.4, 0.5) is 0 Å². The number of nitrogens with one attached hydrogen (secondary N) is 1. The van der Waals surface area contributed by atoms with Crippen LogP contribution in [0.25, 0.3) is 0 Å². The Kier molecular flexibility index (Phi) is 8.00. The van der Waals surface area contributed by atoms with E-state index < -0.39 is 0 Å². The topological polar surface area (TPSA) is 39.7 Å². The van der Waals surface area contributed by atoms with E-state index in [1.807, 2.05) is 24.3 Å². The number of hydrogen-bond acceptors (Lipinski definition) is 4. The number of rotatable bonds is 11. The van der Waals surface area contributed by atoms with E-state index in [1.165, 1.54) is 36.8 Å². The molecule has 0 spiro atoms. The lowest BCUT2D eigenvalue weighted by molar-refractivity contribution is 0.100. The highest BCUT2D eigenvalue weighted by Crippen LogP contribution is 2.19. The third-order valence-corrected chi connectivity index (χ3v) is 4.84. The van der Waals surface area contributed by atoms with E-state index in [1.54, 1.807) is 0 Å². The van der Waals surface area contributed by atoms with Gasteiger partial charge in [0.2, 0.25) is 0 Å². The molecule has 2 aromatic carbocycles. The van der Waals surface area contributed by atoms with Gasteiger partial charge in [-0.2, -0.15) is 0 Å². The summed E-state index contributed by atoms with van der Waals surface area (Å²) < 4.78 is 17.2. The van der Waals surface area contributed by atoms with Crippen molar-refractivity contribution >= 4 is 0 Å². The molecule has 27 heavy (non-hydrogen) atoms. The van der Waals surface area contributed by atoms with Crippen molar-refractivity contribution < 1.29 is 14.2 Å². The quantitative estimate of drug-likeness (QED) is 0.592. The van der Waals surface area contributed by atoms with Crippen LogP contribution in [0.15, 0.2) is 48.5 Å². The molecule has 146 valence electrons. The van der Waals surface area contributed by atoms with Crippen molar-refractivity contribution in [3.63, 3.8) is 0 Å². The van der Waals surface area contributed by atoms with Crippen LogP contribution in [-0.2, 0) is 11.3 Å². The van der Waals surface area contributed by atoms with E-state index >= 15 is 0 Å². The van der Waals surface area contributed by atoms with Crippen LogP contribution in [0.5, 0.6) is 11.5 Å². The largest absolute Gasteiger partial charge is 0.491 e. The van der Waals surface area contributed by atoms with Crippen LogP contribution in [0.2, 0.25) is 0 Å². The van der Waals surface area contributed by atoms with Crippen molar-refractivity contribution in [1.82, 2.24) is 5.32 Å². The molecule has 0 radical (unpaired) electrons. The van der Waals surface area contributed by atoms with Gasteiger partial charge in [-0.25, -0.2) is 0 Å². The molecular weight excluding hydrogens is 338 g/mol. The van der Waals surface area contributed by atoms with Gasteiger partial charge in [-0.3, -0.25) is 0 Å². The van der Waals surface area contributed by atoms with E-state index in [0.29, 0.717) is 25.9 Å². The Bertz CT molecular complexity index is 666. The summed E-state index contributed by atoms with van der Waals surface area (Å²) in [5.41, 5.74) is 2.42. The lowest BCUT2D eigenvalue weighted by atomic mass is 10.1. The minimum atomic E-state index is 0.562. The van der Waals surface area contributed by atoms with Gasteiger partial charge in [0.05, 0.1) is 13.2 Å². The number of benzene rings is 2. The molecule has 4 heteroatoms. The van der Waals surface area contributed by atoms with Gasteiger partial charge in [0.25, 0.3) is 0 Å². The van der Waals surface area contributed by atoms with Crippen LogP contribution >= 0.6 is 0 Å². The molecule has 0 amide bonds. The zero-order valence-electron chi connectivity index (χ0n) is 16.3. The molecule has 0 aromatic heterocycles. The van der Waals surface area contributed by atoms with Crippen LogP contribution in [0.3, 0.4) is 0 Å². The summed E-state index contributed by atoms with van der Waals surface area (Å²) in [5, 5.41) is 3.54. The fraction of sp³-hybridized carbons (Fsp3) is 0.478. The first kappa shape index (κ1) is 19.7. The van der Waals surface area contributed by atoms with Gasteiger partial charge >= 0.3 is 0 Å². The third kappa shape index (κ3) is 7.24. The van der Waals surface area contributed by atoms with Gasteiger partial charge in [-0.15, -0.1) is 0 Å². The maximum absolute atomic E-state index is 5.83. The summed E-state index contributed by atoms with van der Waals surface area (Å²) in [6.45, 7) is 5.50. The second-order valence-electron chi connectivity index (χ2n) is 7.15. The number of hydrogen-bond donors (Lipinski definition) is 1. The average Bonchev–Trinajstić information content (AvgIpc) is 3.20. The van der Waals surface area contributed by atoms with Crippen LogP contribution in [-0.4, -0.2) is 32.4 Å². The second kappa shape index (κ2) is 11.0. The molecule has 4 nitrogen and oxygen atoms in total. The van der Waals surface area contributed by atoms with Gasteiger partial charge < -0.3 is 19.5 Å². The van der Waals surface area contributed by atoms with Crippen LogP contribution in [0.1, 0.15) is 36.8 Å². The fourth-order valence-electron chi connectivity index (χ4n) is 3.39. The monoisotopic (exact) mass is 369 g/mol. The van der Waals surface area contributed by atoms with Crippen molar-refractivity contribution in [2.45, 2.75) is 45.3 Å². The molecule has 0 heterocycles. The summed E-state index contributed by atoms with van der Waals surface area (Å²) >= 11 is 0. The van der Waals surface area contributed by atoms with Crippen molar-refractivity contribution in [2.75, 3.05) is 26.4 Å². The minimum Gasteiger partial charge on any atom is -0.491 e. The summed E-state index contributed by atoms with van der Waals surface area (Å²) in [5.74, 6) is 1.68. The van der Waals surface area contributed by atoms with Gasteiger partial charge in [0.1, 0.15) is 24.7 Å². The smallest absolute Gasteiger partial charge is 0.120 e. The highest BCUT2D eigenvalue weighted by Gasteiger charge is 2.13. The van der Waals surface area contributed by atoms with Crippen molar-refractivity contribution in [2.24, 2.45) is 0 Å². The Labute approximate surface area is 162 Å². The first-order valence-electron chi connectivity index (χ1n) is 10.0. The molecule has 3 rings (SSSR count). The Balaban J connectivity index is 1.26. The molecule has 1 N–H and O–H groups in total. The molecule has 0 atom stereocenters. The first-order chi connectivity index (χ1) is 13.3. The molecule has 0 aliphatic heterocycles. The Hall–Kier alpha value is -2.04. The van der Waals surface area contributed by atoms with E-state index in [4.69, 9.17) is 14.2 Å². The first-order valence-corrected chi connectivity index (χ1v) is 10.0. The maximum atomic E-state index is 5.83. The summed E-state index contributed by atoms with van der Waals surface area (Å²) in [7, 11) is 0. The molecule has 0 unspecified atom stereocenters. The SMILES string of the molecule is Cc1cccc(COc2ccc(OCCOCCNC3CCCC3)cc2)c1. The molecule has 0 saturated heterocycles. The van der Waals surface area contributed by atoms with Gasteiger partial charge in [0.15, 0.2) is 0 Å². The van der Waals surface area contributed by atoms with E-state index in [-0.39, 0.29) is 0 Å². The lowest BCUT2D eigenvalue weighted by Gasteiger charge is -2.12. The highest BCUT2D eigenvalue weighted by atomic mass is 16.5.